The summed E-state index contributed by atoms with van der Waals surface area (Å²) in [6, 6.07) is 20.7. The van der Waals surface area contributed by atoms with Gasteiger partial charge in [-0.2, -0.15) is 5.10 Å². The van der Waals surface area contributed by atoms with Crippen molar-refractivity contribution in [3.8, 4) is 0 Å². The van der Waals surface area contributed by atoms with Gasteiger partial charge in [0.15, 0.2) is 0 Å². The molecule has 5 heteroatoms. The van der Waals surface area contributed by atoms with Crippen LogP contribution in [0.25, 0.3) is 10.2 Å². The van der Waals surface area contributed by atoms with Gasteiger partial charge in [-0.15, -0.1) is 5.10 Å². The van der Waals surface area contributed by atoms with Crippen LogP contribution in [-0.2, 0) is 6.54 Å². The van der Waals surface area contributed by atoms with Crippen molar-refractivity contribution in [2.24, 2.45) is 10.2 Å². The van der Waals surface area contributed by atoms with Crippen LogP contribution in [0.1, 0.15) is 16.7 Å². The van der Waals surface area contributed by atoms with E-state index in [4.69, 9.17) is 0 Å². The molecule has 2 aromatic carbocycles. The van der Waals surface area contributed by atoms with Crippen molar-refractivity contribution in [2.45, 2.75) is 13.5 Å². The zero-order chi connectivity index (χ0) is 17.8. The second kappa shape index (κ2) is 7.45. The lowest BCUT2D eigenvalue weighted by molar-refractivity contribution is 0.789. The first-order valence-electron chi connectivity index (χ1n) is 8.40. The first-order valence-corrected chi connectivity index (χ1v) is 9.22. The normalized spacial score (nSPS) is 12.3. The van der Waals surface area contributed by atoms with Crippen LogP contribution in [-0.4, -0.2) is 15.8 Å². The smallest absolute Gasteiger partial charge is 0.211 e. The molecule has 26 heavy (non-hydrogen) atoms. The lowest BCUT2D eigenvalue weighted by atomic mass is 10.2. The Bertz CT molecular complexity index is 1110. The van der Waals surface area contributed by atoms with E-state index in [1.165, 1.54) is 21.3 Å². The van der Waals surface area contributed by atoms with E-state index in [1.54, 1.807) is 29.9 Å². The number of fused-ring (bicyclic) bond motifs is 1. The summed E-state index contributed by atoms with van der Waals surface area (Å²) in [4.78, 5) is 4.90. The summed E-state index contributed by atoms with van der Waals surface area (Å²) in [5.74, 6) is 0. The van der Waals surface area contributed by atoms with Crippen LogP contribution in [0.4, 0.5) is 0 Å². The summed E-state index contributed by atoms with van der Waals surface area (Å²) in [7, 11) is 0. The number of rotatable bonds is 4. The fourth-order valence-corrected chi connectivity index (χ4v) is 3.86. The largest absolute Gasteiger partial charge is 0.311 e. The topological polar surface area (TPSA) is 42.5 Å². The van der Waals surface area contributed by atoms with E-state index in [0.29, 0.717) is 0 Å². The standard InChI is InChI=1S/C21H18N4S/c1-16-7-8-19-20(13-16)26-21(24-23-14-17-9-11-22-12-10-17)25(19)15-18-5-3-2-4-6-18/h2-14H,15H2,1H3/b23-14-,24-21-. The van der Waals surface area contributed by atoms with Crippen LogP contribution in [0.15, 0.2) is 83.3 Å². The Hall–Kier alpha value is -3.05. The second-order valence-corrected chi connectivity index (χ2v) is 7.06. The lowest BCUT2D eigenvalue weighted by Crippen LogP contribution is -2.15. The van der Waals surface area contributed by atoms with Crippen molar-refractivity contribution in [1.29, 1.82) is 0 Å². The van der Waals surface area contributed by atoms with E-state index in [2.05, 4.69) is 69.1 Å². The van der Waals surface area contributed by atoms with E-state index in [1.807, 2.05) is 18.2 Å². The fourth-order valence-electron chi connectivity index (χ4n) is 2.77. The Kier molecular flexibility index (Phi) is 4.71. The van der Waals surface area contributed by atoms with Crippen LogP contribution < -0.4 is 4.80 Å². The monoisotopic (exact) mass is 358 g/mol. The Balaban J connectivity index is 1.78. The number of nitrogens with zero attached hydrogens (tertiary/aromatic N) is 4. The van der Waals surface area contributed by atoms with Gasteiger partial charge in [-0.3, -0.25) is 4.98 Å². The molecule has 0 spiro atoms. The Labute approximate surface area is 155 Å². The number of pyridine rings is 1. The third-order valence-corrected chi connectivity index (χ3v) is 5.11. The summed E-state index contributed by atoms with van der Waals surface area (Å²) >= 11 is 1.66. The van der Waals surface area contributed by atoms with Gasteiger partial charge in [0.25, 0.3) is 0 Å². The molecule has 0 N–H and O–H groups in total. The van der Waals surface area contributed by atoms with Crippen LogP contribution in [0.5, 0.6) is 0 Å². The van der Waals surface area contributed by atoms with E-state index in [9.17, 15) is 0 Å². The first-order chi connectivity index (χ1) is 12.8. The molecule has 4 rings (SSSR count). The van der Waals surface area contributed by atoms with Gasteiger partial charge in [0, 0.05) is 12.4 Å². The average molecular weight is 358 g/mol. The molecule has 0 unspecified atom stereocenters. The van der Waals surface area contributed by atoms with E-state index < -0.39 is 0 Å². The van der Waals surface area contributed by atoms with Gasteiger partial charge in [-0.1, -0.05) is 47.7 Å². The minimum absolute atomic E-state index is 0.771. The maximum atomic E-state index is 4.50. The van der Waals surface area contributed by atoms with Crippen LogP contribution in [0.3, 0.4) is 0 Å². The van der Waals surface area contributed by atoms with Crippen molar-refractivity contribution in [3.63, 3.8) is 0 Å². The number of aromatic nitrogens is 2. The highest BCUT2D eigenvalue weighted by atomic mass is 32.1. The minimum Gasteiger partial charge on any atom is -0.311 e. The molecule has 2 aromatic heterocycles. The van der Waals surface area contributed by atoms with Crippen molar-refractivity contribution in [2.75, 3.05) is 0 Å². The number of hydrogen-bond acceptors (Lipinski definition) is 4. The lowest BCUT2D eigenvalue weighted by Gasteiger charge is -2.05. The summed E-state index contributed by atoms with van der Waals surface area (Å²) < 4.78 is 3.44. The number of benzene rings is 2. The molecule has 4 aromatic rings. The Morgan fingerprint density at radius 2 is 1.85 bits per heavy atom. The predicted molar refractivity (Wildman–Crippen MR) is 107 cm³/mol. The summed E-state index contributed by atoms with van der Waals surface area (Å²) in [5.41, 5.74) is 4.66. The maximum Gasteiger partial charge on any atom is 0.211 e. The third-order valence-electron chi connectivity index (χ3n) is 4.08. The molecule has 0 atom stereocenters. The second-order valence-electron chi connectivity index (χ2n) is 6.05. The van der Waals surface area contributed by atoms with E-state index in [0.717, 1.165) is 16.9 Å². The first kappa shape index (κ1) is 16.4. The molecular weight excluding hydrogens is 340 g/mol. The van der Waals surface area contributed by atoms with Crippen LogP contribution in [0, 0.1) is 6.92 Å². The summed E-state index contributed by atoms with van der Waals surface area (Å²) in [5, 5.41) is 8.79. The highest BCUT2D eigenvalue weighted by Gasteiger charge is 2.07. The van der Waals surface area contributed by atoms with Crippen molar-refractivity contribution in [1.82, 2.24) is 9.55 Å². The van der Waals surface area contributed by atoms with Gasteiger partial charge < -0.3 is 4.57 Å². The number of hydrogen-bond donors (Lipinski definition) is 0. The molecule has 4 nitrogen and oxygen atoms in total. The Morgan fingerprint density at radius 3 is 2.65 bits per heavy atom. The van der Waals surface area contributed by atoms with Crippen LogP contribution in [0.2, 0.25) is 0 Å². The molecule has 2 heterocycles. The van der Waals surface area contributed by atoms with Gasteiger partial charge >= 0.3 is 0 Å². The van der Waals surface area contributed by atoms with Crippen molar-refractivity contribution < 1.29 is 0 Å². The van der Waals surface area contributed by atoms with Gasteiger partial charge in [-0.25, -0.2) is 0 Å². The average Bonchev–Trinajstić information content (AvgIpc) is 3.00. The zero-order valence-corrected chi connectivity index (χ0v) is 15.2. The maximum absolute atomic E-state index is 4.50. The molecule has 0 aliphatic carbocycles. The summed E-state index contributed by atoms with van der Waals surface area (Å²) in [6.45, 7) is 2.88. The Morgan fingerprint density at radius 1 is 1.04 bits per heavy atom. The molecule has 0 radical (unpaired) electrons. The molecule has 0 amide bonds. The predicted octanol–water partition coefficient (Wildman–Crippen LogP) is 4.39. The van der Waals surface area contributed by atoms with Gasteiger partial charge in [0.1, 0.15) is 0 Å². The van der Waals surface area contributed by atoms with E-state index >= 15 is 0 Å². The van der Waals surface area contributed by atoms with E-state index in [-0.39, 0.29) is 0 Å². The molecule has 0 aliphatic heterocycles. The van der Waals surface area contributed by atoms with Crippen molar-refractivity contribution in [3.05, 3.63) is 94.5 Å². The van der Waals surface area contributed by atoms with Gasteiger partial charge in [0.05, 0.1) is 23.0 Å². The zero-order valence-electron chi connectivity index (χ0n) is 14.4. The van der Waals surface area contributed by atoms with Gasteiger partial charge in [-0.05, 0) is 47.9 Å². The molecule has 0 bridgehead atoms. The minimum atomic E-state index is 0.771. The molecule has 0 saturated carbocycles. The molecule has 0 aliphatic rings. The summed E-state index contributed by atoms with van der Waals surface area (Å²) in [6.07, 6.45) is 5.25. The SMILES string of the molecule is Cc1ccc2c(c1)s/c(=N\N=C/c1ccncc1)n2Cc1ccccc1. The number of thiazole rings is 1. The quantitative estimate of drug-likeness (QED) is 0.394. The molecular formula is C21H18N4S. The third kappa shape index (κ3) is 3.63. The highest BCUT2D eigenvalue weighted by Crippen LogP contribution is 2.20. The van der Waals surface area contributed by atoms with Crippen molar-refractivity contribution >= 4 is 27.8 Å². The molecule has 0 saturated heterocycles. The number of aryl methyl sites for hydroxylation is 1. The molecule has 0 fully saturated rings. The highest BCUT2D eigenvalue weighted by molar-refractivity contribution is 7.16. The molecule has 128 valence electrons. The fraction of sp³-hybridized carbons (Fsp3) is 0.0952. The van der Waals surface area contributed by atoms with Crippen LogP contribution >= 0.6 is 11.3 Å². The van der Waals surface area contributed by atoms with Gasteiger partial charge in [0.2, 0.25) is 4.80 Å².